The van der Waals surface area contributed by atoms with Gasteiger partial charge in [0.25, 0.3) is 0 Å². The van der Waals surface area contributed by atoms with Crippen LogP contribution in [0.15, 0.2) is 30.3 Å². The average Bonchev–Trinajstić information content (AvgIpc) is 2.36. The quantitative estimate of drug-likeness (QED) is 0.722. The van der Waals surface area contributed by atoms with Crippen LogP contribution >= 0.6 is 0 Å². The molecule has 2 atom stereocenters. The molecule has 19 heavy (non-hydrogen) atoms. The van der Waals surface area contributed by atoms with E-state index in [1.165, 1.54) is 0 Å². The fraction of sp³-hybridized carbons (Fsp3) is 0.429. The molecule has 0 aliphatic rings. The van der Waals surface area contributed by atoms with Gasteiger partial charge in [0, 0.05) is 12.5 Å². The van der Waals surface area contributed by atoms with E-state index in [0.29, 0.717) is 5.56 Å². The maximum absolute atomic E-state index is 11.8. The second kappa shape index (κ2) is 6.89. The number of amides is 1. The van der Waals surface area contributed by atoms with Crippen molar-refractivity contribution in [2.45, 2.75) is 32.4 Å². The number of carbonyl (C=O) groups excluding carboxylic acids is 1. The van der Waals surface area contributed by atoms with Gasteiger partial charge in [-0.3, -0.25) is 4.79 Å². The first-order valence-corrected chi connectivity index (χ1v) is 6.24. The number of nitrogens with two attached hydrogens (primary N) is 1. The highest BCUT2D eigenvalue weighted by atomic mass is 16.4. The third-order valence-electron chi connectivity index (χ3n) is 2.96. The van der Waals surface area contributed by atoms with Crippen molar-refractivity contribution in [3.8, 4) is 0 Å². The zero-order valence-electron chi connectivity index (χ0n) is 11.2. The van der Waals surface area contributed by atoms with Crippen LogP contribution in [-0.2, 0) is 9.59 Å². The second-order valence-electron chi connectivity index (χ2n) is 4.86. The van der Waals surface area contributed by atoms with Crippen molar-refractivity contribution in [1.82, 2.24) is 5.32 Å². The van der Waals surface area contributed by atoms with Crippen molar-refractivity contribution in [3.05, 3.63) is 35.9 Å². The lowest BCUT2D eigenvalue weighted by atomic mass is 10.0. The largest absolute Gasteiger partial charge is 0.479 e. The predicted molar refractivity (Wildman–Crippen MR) is 72.4 cm³/mol. The van der Waals surface area contributed by atoms with E-state index in [2.05, 4.69) is 5.32 Å². The second-order valence-corrected chi connectivity index (χ2v) is 4.86. The Morgan fingerprint density at radius 3 is 2.32 bits per heavy atom. The Bertz CT molecular complexity index is 432. The van der Waals surface area contributed by atoms with Crippen molar-refractivity contribution < 1.29 is 14.7 Å². The zero-order valence-corrected chi connectivity index (χ0v) is 11.2. The molecule has 1 aromatic rings. The summed E-state index contributed by atoms with van der Waals surface area (Å²) >= 11 is 0. The van der Waals surface area contributed by atoms with Gasteiger partial charge in [-0.1, -0.05) is 44.2 Å². The van der Waals surface area contributed by atoms with E-state index in [4.69, 9.17) is 5.73 Å². The number of nitrogens with one attached hydrogen (secondary N) is 1. The minimum Gasteiger partial charge on any atom is -0.479 e. The van der Waals surface area contributed by atoms with E-state index in [1.54, 1.807) is 30.3 Å². The lowest BCUT2D eigenvalue weighted by Crippen LogP contribution is -2.38. The third kappa shape index (κ3) is 4.71. The normalized spacial score (nSPS) is 13.9. The number of benzene rings is 1. The molecule has 1 aromatic carbocycles. The van der Waals surface area contributed by atoms with Crippen LogP contribution in [0.25, 0.3) is 0 Å². The Morgan fingerprint density at radius 2 is 1.84 bits per heavy atom. The van der Waals surface area contributed by atoms with Gasteiger partial charge in [-0.15, -0.1) is 0 Å². The van der Waals surface area contributed by atoms with E-state index < -0.39 is 12.0 Å². The molecule has 5 nitrogen and oxygen atoms in total. The molecule has 0 heterocycles. The number of hydrogen-bond donors (Lipinski definition) is 3. The molecule has 0 bridgehead atoms. The Labute approximate surface area is 112 Å². The molecule has 0 saturated carbocycles. The van der Waals surface area contributed by atoms with E-state index in [9.17, 15) is 14.7 Å². The molecule has 5 heteroatoms. The zero-order chi connectivity index (χ0) is 14.4. The number of rotatable bonds is 6. The summed E-state index contributed by atoms with van der Waals surface area (Å²) in [5, 5.41) is 11.7. The first kappa shape index (κ1) is 15.2. The molecule has 4 N–H and O–H groups in total. The summed E-state index contributed by atoms with van der Waals surface area (Å²) in [6.45, 7) is 3.84. The highest BCUT2D eigenvalue weighted by Gasteiger charge is 2.23. The monoisotopic (exact) mass is 264 g/mol. The minimum absolute atomic E-state index is 0.119. The predicted octanol–water partition coefficient (Wildman–Crippen LogP) is 1.30. The first-order chi connectivity index (χ1) is 8.91. The lowest BCUT2D eigenvalue weighted by Gasteiger charge is -2.18. The van der Waals surface area contributed by atoms with Crippen LogP contribution in [-0.4, -0.2) is 23.0 Å². The average molecular weight is 264 g/mol. The summed E-state index contributed by atoms with van der Waals surface area (Å²) in [6, 6.07) is 7.29. The van der Waals surface area contributed by atoms with Gasteiger partial charge in [0.1, 0.15) is 0 Å². The van der Waals surface area contributed by atoms with Crippen LogP contribution in [0.1, 0.15) is 31.9 Å². The number of carbonyl (C=O) groups is 2. The molecule has 0 fully saturated rings. The number of carboxylic acids is 1. The molecule has 104 valence electrons. The standard InChI is InChI=1S/C14H20N2O3/c1-9(2)11(15)8-12(17)16-13(14(18)19)10-6-4-3-5-7-10/h3-7,9,11,13H,8,15H2,1-2H3,(H,16,17)(H,18,19). The van der Waals surface area contributed by atoms with Gasteiger partial charge in [0.15, 0.2) is 6.04 Å². The molecule has 0 aromatic heterocycles. The van der Waals surface area contributed by atoms with Crippen molar-refractivity contribution in [2.75, 3.05) is 0 Å². The van der Waals surface area contributed by atoms with Gasteiger partial charge >= 0.3 is 5.97 Å². The number of carboxylic acid groups (broad SMARTS) is 1. The Balaban J connectivity index is 2.70. The molecule has 1 amide bonds. The summed E-state index contributed by atoms with van der Waals surface area (Å²) in [5.41, 5.74) is 6.34. The van der Waals surface area contributed by atoms with Crippen molar-refractivity contribution in [3.63, 3.8) is 0 Å². The molecular weight excluding hydrogens is 244 g/mol. The summed E-state index contributed by atoms with van der Waals surface area (Å²) in [4.78, 5) is 23.0. The molecule has 0 aliphatic heterocycles. The highest BCUT2D eigenvalue weighted by molar-refractivity contribution is 5.84. The maximum atomic E-state index is 11.8. The van der Waals surface area contributed by atoms with Gasteiger partial charge in [0.05, 0.1) is 0 Å². The van der Waals surface area contributed by atoms with E-state index in [0.717, 1.165) is 0 Å². The molecular formula is C14H20N2O3. The summed E-state index contributed by atoms with van der Waals surface area (Å²) in [6.07, 6.45) is 0.119. The maximum Gasteiger partial charge on any atom is 0.330 e. The molecule has 0 radical (unpaired) electrons. The highest BCUT2D eigenvalue weighted by Crippen LogP contribution is 2.13. The number of hydrogen-bond acceptors (Lipinski definition) is 3. The molecule has 1 rings (SSSR count). The van der Waals surface area contributed by atoms with Crippen LogP contribution in [0.3, 0.4) is 0 Å². The van der Waals surface area contributed by atoms with Gasteiger partial charge in [-0.25, -0.2) is 4.79 Å². The Morgan fingerprint density at radius 1 is 1.26 bits per heavy atom. The van der Waals surface area contributed by atoms with Gasteiger partial charge in [0.2, 0.25) is 5.91 Å². The molecule has 0 saturated heterocycles. The van der Waals surface area contributed by atoms with Crippen LogP contribution in [0.2, 0.25) is 0 Å². The van der Waals surface area contributed by atoms with Crippen LogP contribution < -0.4 is 11.1 Å². The third-order valence-corrected chi connectivity index (χ3v) is 2.96. The lowest BCUT2D eigenvalue weighted by molar-refractivity contribution is -0.142. The SMILES string of the molecule is CC(C)C(N)CC(=O)NC(C(=O)O)c1ccccc1. The minimum atomic E-state index is -1.09. The summed E-state index contributed by atoms with van der Waals surface area (Å²) in [5.74, 6) is -1.26. The Hall–Kier alpha value is -1.88. The fourth-order valence-electron chi connectivity index (χ4n) is 1.60. The van der Waals surface area contributed by atoms with Crippen molar-refractivity contribution in [2.24, 2.45) is 11.7 Å². The van der Waals surface area contributed by atoms with Crippen LogP contribution in [0.5, 0.6) is 0 Å². The molecule has 2 unspecified atom stereocenters. The number of aliphatic carboxylic acids is 1. The van der Waals surface area contributed by atoms with E-state index in [-0.39, 0.29) is 24.3 Å². The molecule has 0 spiro atoms. The smallest absolute Gasteiger partial charge is 0.330 e. The fourth-order valence-corrected chi connectivity index (χ4v) is 1.60. The van der Waals surface area contributed by atoms with Gasteiger partial charge < -0.3 is 16.2 Å². The first-order valence-electron chi connectivity index (χ1n) is 6.24. The summed E-state index contributed by atoms with van der Waals surface area (Å²) in [7, 11) is 0. The van der Waals surface area contributed by atoms with Gasteiger partial charge in [-0.05, 0) is 11.5 Å². The van der Waals surface area contributed by atoms with Crippen molar-refractivity contribution in [1.29, 1.82) is 0 Å². The Kier molecular flexibility index (Phi) is 5.51. The van der Waals surface area contributed by atoms with E-state index in [1.807, 2.05) is 13.8 Å². The summed E-state index contributed by atoms with van der Waals surface area (Å²) < 4.78 is 0. The van der Waals surface area contributed by atoms with Crippen LogP contribution in [0.4, 0.5) is 0 Å². The molecule has 0 aliphatic carbocycles. The van der Waals surface area contributed by atoms with E-state index >= 15 is 0 Å². The topological polar surface area (TPSA) is 92.4 Å². The van der Waals surface area contributed by atoms with Gasteiger partial charge in [-0.2, -0.15) is 0 Å². The van der Waals surface area contributed by atoms with Crippen molar-refractivity contribution >= 4 is 11.9 Å². The van der Waals surface area contributed by atoms with Crippen LogP contribution in [0, 0.1) is 5.92 Å².